The van der Waals surface area contributed by atoms with Gasteiger partial charge in [-0.05, 0) is 19.4 Å². The van der Waals surface area contributed by atoms with E-state index in [4.69, 9.17) is 9.84 Å². The normalized spacial score (nSPS) is 19.7. The molecule has 1 atom stereocenters. The number of aliphatic hydroxyl groups is 1. The number of aromatic nitrogens is 4. The first-order valence-electron chi connectivity index (χ1n) is 5.88. The Morgan fingerprint density at radius 1 is 1.24 bits per heavy atom. The molecule has 0 saturated carbocycles. The molecular formula is C10H17N5O2. The number of nitrogens with zero attached hydrogens (tertiary/aromatic N) is 4. The SMILES string of the molecule is OCCOCCc1nnc(C2CCCN2)nn1. The molecule has 1 aliphatic heterocycles. The number of hydrogen-bond acceptors (Lipinski definition) is 7. The van der Waals surface area contributed by atoms with Gasteiger partial charge < -0.3 is 15.2 Å². The molecule has 1 unspecified atom stereocenters. The lowest BCUT2D eigenvalue weighted by Crippen LogP contribution is -2.18. The van der Waals surface area contributed by atoms with Gasteiger partial charge in [0.1, 0.15) is 0 Å². The van der Waals surface area contributed by atoms with Crippen LogP contribution < -0.4 is 5.32 Å². The zero-order chi connectivity index (χ0) is 11.9. The Hall–Kier alpha value is -1.18. The van der Waals surface area contributed by atoms with E-state index in [1.807, 2.05) is 0 Å². The van der Waals surface area contributed by atoms with Crippen LogP contribution in [0, 0.1) is 0 Å². The average Bonchev–Trinajstić information content (AvgIpc) is 2.89. The summed E-state index contributed by atoms with van der Waals surface area (Å²) in [5.41, 5.74) is 0. The van der Waals surface area contributed by atoms with Gasteiger partial charge in [0, 0.05) is 6.42 Å². The number of ether oxygens (including phenoxy) is 1. The van der Waals surface area contributed by atoms with Gasteiger partial charge in [0.25, 0.3) is 0 Å². The van der Waals surface area contributed by atoms with E-state index >= 15 is 0 Å². The van der Waals surface area contributed by atoms with E-state index in [0.29, 0.717) is 31.3 Å². The first kappa shape index (κ1) is 12.3. The highest BCUT2D eigenvalue weighted by atomic mass is 16.5. The van der Waals surface area contributed by atoms with Crippen LogP contribution in [-0.4, -0.2) is 51.9 Å². The first-order chi connectivity index (χ1) is 8.40. The molecule has 1 saturated heterocycles. The number of hydrogen-bond donors (Lipinski definition) is 2. The maximum Gasteiger partial charge on any atom is 0.190 e. The Bertz CT molecular complexity index is 326. The molecule has 2 rings (SSSR count). The maximum atomic E-state index is 8.53. The number of rotatable bonds is 6. The smallest absolute Gasteiger partial charge is 0.190 e. The van der Waals surface area contributed by atoms with E-state index in [9.17, 15) is 0 Å². The molecular weight excluding hydrogens is 222 g/mol. The molecule has 1 aromatic heterocycles. The number of nitrogens with one attached hydrogen (secondary N) is 1. The highest BCUT2D eigenvalue weighted by Gasteiger charge is 2.19. The topological polar surface area (TPSA) is 93.0 Å². The maximum absolute atomic E-state index is 8.53. The molecule has 1 aliphatic rings. The molecule has 0 spiro atoms. The molecule has 0 aliphatic carbocycles. The minimum absolute atomic E-state index is 0.0314. The minimum Gasteiger partial charge on any atom is -0.394 e. The predicted molar refractivity (Wildman–Crippen MR) is 59.2 cm³/mol. The van der Waals surface area contributed by atoms with E-state index in [-0.39, 0.29) is 12.6 Å². The summed E-state index contributed by atoms with van der Waals surface area (Å²) in [6.07, 6.45) is 2.76. The van der Waals surface area contributed by atoms with Crippen molar-refractivity contribution in [3.05, 3.63) is 11.6 Å². The Balaban J connectivity index is 1.80. The van der Waals surface area contributed by atoms with Gasteiger partial charge in [0.15, 0.2) is 11.6 Å². The van der Waals surface area contributed by atoms with Crippen LogP contribution in [0.3, 0.4) is 0 Å². The summed E-state index contributed by atoms with van der Waals surface area (Å²) in [4.78, 5) is 0. The largest absolute Gasteiger partial charge is 0.394 e. The van der Waals surface area contributed by atoms with Crippen LogP contribution in [0.5, 0.6) is 0 Å². The van der Waals surface area contributed by atoms with Crippen molar-refractivity contribution in [2.45, 2.75) is 25.3 Å². The molecule has 2 N–H and O–H groups in total. The van der Waals surface area contributed by atoms with Crippen molar-refractivity contribution in [1.29, 1.82) is 0 Å². The van der Waals surface area contributed by atoms with Gasteiger partial charge >= 0.3 is 0 Å². The summed E-state index contributed by atoms with van der Waals surface area (Å²) in [5.74, 6) is 1.24. The molecule has 1 fully saturated rings. The van der Waals surface area contributed by atoms with Gasteiger partial charge in [-0.3, -0.25) is 0 Å². The molecule has 0 radical (unpaired) electrons. The van der Waals surface area contributed by atoms with Crippen LogP contribution in [0.2, 0.25) is 0 Å². The molecule has 1 aromatic rings. The van der Waals surface area contributed by atoms with Crippen molar-refractivity contribution < 1.29 is 9.84 Å². The van der Waals surface area contributed by atoms with Crippen molar-refractivity contribution >= 4 is 0 Å². The van der Waals surface area contributed by atoms with E-state index in [1.54, 1.807) is 0 Å². The minimum atomic E-state index is 0.0314. The van der Waals surface area contributed by atoms with Crippen molar-refractivity contribution in [1.82, 2.24) is 25.7 Å². The Morgan fingerprint density at radius 2 is 2.06 bits per heavy atom. The summed E-state index contributed by atoms with van der Waals surface area (Å²) in [5, 5.41) is 28.0. The lowest BCUT2D eigenvalue weighted by Gasteiger charge is -2.06. The van der Waals surface area contributed by atoms with Crippen molar-refractivity contribution in [3.63, 3.8) is 0 Å². The third-order valence-electron chi connectivity index (χ3n) is 2.61. The summed E-state index contributed by atoms with van der Waals surface area (Å²) >= 11 is 0. The van der Waals surface area contributed by atoms with Gasteiger partial charge in [-0.25, -0.2) is 0 Å². The highest BCUT2D eigenvalue weighted by Crippen LogP contribution is 2.17. The third-order valence-corrected chi connectivity index (χ3v) is 2.61. The fraction of sp³-hybridized carbons (Fsp3) is 0.800. The Kier molecular flexibility index (Phi) is 4.72. The lowest BCUT2D eigenvalue weighted by molar-refractivity contribution is 0.0933. The Morgan fingerprint density at radius 3 is 2.71 bits per heavy atom. The van der Waals surface area contributed by atoms with Gasteiger partial charge in [-0.15, -0.1) is 20.4 Å². The summed E-state index contributed by atoms with van der Waals surface area (Å²) in [7, 11) is 0. The zero-order valence-electron chi connectivity index (χ0n) is 9.67. The van der Waals surface area contributed by atoms with E-state index in [2.05, 4.69) is 25.7 Å². The van der Waals surface area contributed by atoms with Gasteiger partial charge in [-0.2, -0.15) is 0 Å². The second-order valence-electron chi connectivity index (χ2n) is 3.91. The molecule has 7 nitrogen and oxygen atoms in total. The van der Waals surface area contributed by atoms with Gasteiger partial charge in [0.05, 0.1) is 25.9 Å². The molecule has 2 heterocycles. The Labute approximate surface area is 99.6 Å². The molecule has 94 valence electrons. The standard InChI is InChI=1S/C10H17N5O2/c16-5-7-17-6-3-9-12-14-10(15-13-9)8-2-1-4-11-8/h8,11,16H,1-7H2. The number of aliphatic hydroxyl groups excluding tert-OH is 1. The van der Waals surface area contributed by atoms with Gasteiger partial charge in [-0.1, -0.05) is 0 Å². The van der Waals surface area contributed by atoms with Crippen molar-refractivity contribution in [3.8, 4) is 0 Å². The summed E-state index contributed by atoms with van der Waals surface area (Å²) < 4.78 is 5.12. The third kappa shape index (κ3) is 3.65. The molecule has 7 heteroatoms. The first-order valence-corrected chi connectivity index (χ1v) is 5.88. The van der Waals surface area contributed by atoms with Crippen LogP contribution in [0.25, 0.3) is 0 Å². The zero-order valence-corrected chi connectivity index (χ0v) is 9.67. The summed E-state index contributed by atoms with van der Waals surface area (Å²) in [6, 6.07) is 0.203. The van der Waals surface area contributed by atoms with Gasteiger partial charge in [0.2, 0.25) is 0 Å². The fourth-order valence-corrected chi connectivity index (χ4v) is 1.73. The lowest BCUT2D eigenvalue weighted by atomic mass is 10.2. The monoisotopic (exact) mass is 239 g/mol. The average molecular weight is 239 g/mol. The van der Waals surface area contributed by atoms with E-state index in [1.165, 1.54) is 0 Å². The second kappa shape index (κ2) is 6.53. The quantitative estimate of drug-likeness (QED) is 0.630. The molecule has 0 bridgehead atoms. The van der Waals surface area contributed by atoms with Crippen molar-refractivity contribution in [2.24, 2.45) is 0 Å². The predicted octanol–water partition coefficient (Wildman–Crippen LogP) is -0.757. The van der Waals surface area contributed by atoms with Crippen LogP contribution in [0.15, 0.2) is 0 Å². The van der Waals surface area contributed by atoms with E-state index in [0.717, 1.165) is 19.4 Å². The molecule has 17 heavy (non-hydrogen) atoms. The fourth-order valence-electron chi connectivity index (χ4n) is 1.73. The molecule has 0 aromatic carbocycles. The summed E-state index contributed by atoms with van der Waals surface area (Å²) in [6.45, 7) is 1.85. The van der Waals surface area contributed by atoms with Crippen LogP contribution in [0.4, 0.5) is 0 Å². The van der Waals surface area contributed by atoms with E-state index < -0.39 is 0 Å². The van der Waals surface area contributed by atoms with Crippen molar-refractivity contribution in [2.75, 3.05) is 26.4 Å². The molecule has 0 amide bonds. The van der Waals surface area contributed by atoms with Crippen LogP contribution in [0.1, 0.15) is 30.5 Å². The second-order valence-corrected chi connectivity index (χ2v) is 3.91. The van der Waals surface area contributed by atoms with Crippen LogP contribution >= 0.6 is 0 Å². The van der Waals surface area contributed by atoms with Crippen LogP contribution in [-0.2, 0) is 11.2 Å². The highest BCUT2D eigenvalue weighted by molar-refractivity contribution is 4.93.